The van der Waals surface area contributed by atoms with E-state index >= 15 is 0 Å². The molecule has 0 amide bonds. The van der Waals surface area contributed by atoms with E-state index in [9.17, 15) is 10.2 Å². The van der Waals surface area contributed by atoms with Gasteiger partial charge in [-0.05, 0) is 47.3 Å². The lowest BCUT2D eigenvalue weighted by Crippen LogP contribution is -2.29. The van der Waals surface area contributed by atoms with Gasteiger partial charge in [0.15, 0.2) is 11.5 Å². The van der Waals surface area contributed by atoms with Crippen molar-refractivity contribution in [2.45, 2.75) is 12.2 Å². The molecule has 0 spiro atoms. The molecular formula is C12H18INO4. The number of ether oxygens (including phenoxy) is 2. The molecule has 18 heavy (non-hydrogen) atoms. The van der Waals surface area contributed by atoms with Crippen molar-refractivity contribution in [3.63, 3.8) is 0 Å². The molecule has 5 nitrogen and oxygen atoms in total. The molecule has 0 heterocycles. The van der Waals surface area contributed by atoms with Crippen LogP contribution in [0.3, 0.4) is 0 Å². The van der Waals surface area contributed by atoms with Crippen LogP contribution < -0.4 is 14.8 Å². The first-order chi connectivity index (χ1) is 8.54. The van der Waals surface area contributed by atoms with Crippen LogP contribution in [0.15, 0.2) is 12.1 Å². The molecule has 1 aromatic carbocycles. The van der Waals surface area contributed by atoms with Crippen LogP contribution in [0.25, 0.3) is 0 Å². The highest BCUT2D eigenvalue weighted by Gasteiger charge is 2.21. The Morgan fingerprint density at radius 2 is 1.94 bits per heavy atom. The summed E-state index contributed by atoms with van der Waals surface area (Å²) in [5, 5.41) is 22.6. The van der Waals surface area contributed by atoms with Crippen LogP contribution in [-0.2, 0) is 0 Å². The van der Waals surface area contributed by atoms with Gasteiger partial charge in [-0.15, -0.1) is 0 Å². The molecule has 0 radical (unpaired) electrons. The molecule has 0 aromatic heterocycles. The molecule has 3 N–H and O–H groups in total. The fourth-order valence-electron chi connectivity index (χ4n) is 1.65. The van der Waals surface area contributed by atoms with Gasteiger partial charge >= 0.3 is 0 Å². The topological polar surface area (TPSA) is 71.0 Å². The largest absolute Gasteiger partial charge is 0.493 e. The molecule has 0 aliphatic rings. The van der Waals surface area contributed by atoms with Crippen molar-refractivity contribution in [2.75, 3.05) is 27.8 Å². The number of methoxy groups -OCH3 is 2. The third-order valence-corrected chi connectivity index (χ3v) is 3.38. The highest BCUT2D eigenvalue weighted by molar-refractivity contribution is 14.1. The van der Waals surface area contributed by atoms with E-state index in [1.54, 1.807) is 26.3 Å². The van der Waals surface area contributed by atoms with E-state index in [0.717, 1.165) is 3.57 Å². The van der Waals surface area contributed by atoms with E-state index in [2.05, 4.69) is 27.9 Å². The summed E-state index contributed by atoms with van der Waals surface area (Å²) in [5.41, 5.74) is 0.597. The first kappa shape index (κ1) is 15.5. The monoisotopic (exact) mass is 367 g/mol. The van der Waals surface area contributed by atoms with Crippen LogP contribution in [-0.4, -0.2) is 44.1 Å². The van der Waals surface area contributed by atoms with Crippen LogP contribution in [0.5, 0.6) is 11.5 Å². The van der Waals surface area contributed by atoms with Gasteiger partial charge in [-0.3, -0.25) is 0 Å². The quantitative estimate of drug-likeness (QED) is 0.653. The predicted molar refractivity (Wildman–Crippen MR) is 77.2 cm³/mol. The van der Waals surface area contributed by atoms with Crippen LogP contribution in [0, 0.1) is 3.57 Å². The molecule has 0 aliphatic carbocycles. The number of rotatable bonds is 6. The van der Waals surface area contributed by atoms with E-state index in [1.165, 1.54) is 7.11 Å². The van der Waals surface area contributed by atoms with Gasteiger partial charge in [0.05, 0.1) is 23.9 Å². The van der Waals surface area contributed by atoms with Crippen LogP contribution in [0.2, 0.25) is 0 Å². The Morgan fingerprint density at radius 1 is 1.28 bits per heavy atom. The van der Waals surface area contributed by atoms with Gasteiger partial charge in [0, 0.05) is 6.54 Å². The van der Waals surface area contributed by atoms with Crippen LogP contribution in [0.1, 0.15) is 11.7 Å². The SMILES string of the molecule is CNCC(O)C(O)c1cc(I)c(OC)c(OC)c1. The summed E-state index contributed by atoms with van der Waals surface area (Å²) in [5.74, 6) is 1.16. The Morgan fingerprint density at radius 3 is 2.44 bits per heavy atom. The normalized spacial score (nSPS) is 14.1. The Labute approximate surface area is 120 Å². The number of benzene rings is 1. The first-order valence-corrected chi connectivity index (χ1v) is 6.55. The Bertz CT molecular complexity index is 400. The average Bonchev–Trinajstić information content (AvgIpc) is 2.36. The van der Waals surface area contributed by atoms with Crippen molar-refractivity contribution in [3.05, 3.63) is 21.3 Å². The maximum absolute atomic E-state index is 10.0. The molecule has 0 fully saturated rings. The van der Waals surface area contributed by atoms with E-state index in [-0.39, 0.29) is 0 Å². The molecule has 2 unspecified atom stereocenters. The van der Waals surface area contributed by atoms with Gasteiger partial charge in [-0.1, -0.05) is 0 Å². The van der Waals surface area contributed by atoms with Crippen LogP contribution in [0.4, 0.5) is 0 Å². The van der Waals surface area contributed by atoms with Crippen molar-refractivity contribution in [1.82, 2.24) is 5.32 Å². The fourth-order valence-corrected chi connectivity index (χ4v) is 2.50. The molecule has 1 rings (SSSR count). The fraction of sp³-hybridized carbons (Fsp3) is 0.500. The molecule has 0 bridgehead atoms. The van der Waals surface area contributed by atoms with E-state index in [1.807, 2.05) is 0 Å². The van der Waals surface area contributed by atoms with Crippen molar-refractivity contribution < 1.29 is 19.7 Å². The first-order valence-electron chi connectivity index (χ1n) is 5.47. The second-order valence-electron chi connectivity index (χ2n) is 3.81. The molecule has 1 aromatic rings. The highest BCUT2D eigenvalue weighted by atomic mass is 127. The molecular weight excluding hydrogens is 349 g/mol. The lowest BCUT2D eigenvalue weighted by molar-refractivity contribution is 0.0200. The summed E-state index contributed by atoms with van der Waals surface area (Å²) >= 11 is 2.10. The van der Waals surface area contributed by atoms with Crippen molar-refractivity contribution in [1.29, 1.82) is 0 Å². The van der Waals surface area contributed by atoms with Gasteiger partial charge in [-0.2, -0.15) is 0 Å². The second-order valence-corrected chi connectivity index (χ2v) is 4.97. The number of nitrogens with one attached hydrogen (secondary N) is 1. The molecule has 0 saturated heterocycles. The number of hydrogen-bond acceptors (Lipinski definition) is 5. The van der Waals surface area contributed by atoms with Gasteiger partial charge in [0.2, 0.25) is 0 Å². The summed E-state index contributed by atoms with van der Waals surface area (Å²) in [7, 11) is 4.81. The zero-order valence-electron chi connectivity index (χ0n) is 10.6. The summed E-state index contributed by atoms with van der Waals surface area (Å²) in [6, 6.07) is 3.44. The highest BCUT2D eigenvalue weighted by Crippen LogP contribution is 2.35. The Kier molecular flexibility index (Phi) is 6.13. The molecule has 2 atom stereocenters. The minimum Gasteiger partial charge on any atom is -0.493 e. The average molecular weight is 367 g/mol. The smallest absolute Gasteiger partial charge is 0.174 e. The Balaban J connectivity index is 3.07. The van der Waals surface area contributed by atoms with Gasteiger partial charge in [-0.25, -0.2) is 0 Å². The zero-order chi connectivity index (χ0) is 13.7. The van der Waals surface area contributed by atoms with Crippen LogP contribution >= 0.6 is 22.6 Å². The number of aliphatic hydroxyl groups is 2. The maximum atomic E-state index is 10.0. The Hall–Kier alpha value is -0.570. The number of halogens is 1. The summed E-state index contributed by atoms with van der Waals surface area (Å²) in [6.07, 6.45) is -1.84. The van der Waals surface area contributed by atoms with Crippen molar-refractivity contribution >= 4 is 22.6 Å². The summed E-state index contributed by atoms with van der Waals surface area (Å²) in [6.45, 7) is 0.312. The zero-order valence-corrected chi connectivity index (χ0v) is 12.8. The van der Waals surface area contributed by atoms with Crippen molar-refractivity contribution in [3.8, 4) is 11.5 Å². The molecule has 6 heteroatoms. The summed E-state index contributed by atoms with van der Waals surface area (Å²) in [4.78, 5) is 0. The third-order valence-electron chi connectivity index (χ3n) is 2.58. The lowest BCUT2D eigenvalue weighted by Gasteiger charge is -2.20. The maximum Gasteiger partial charge on any atom is 0.174 e. The predicted octanol–water partition coefficient (Wildman–Crippen LogP) is 0.922. The molecule has 0 saturated carbocycles. The third kappa shape index (κ3) is 3.47. The van der Waals surface area contributed by atoms with E-state index < -0.39 is 12.2 Å². The summed E-state index contributed by atoms with van der Waals surface area (Å²) < 4.78 is 11.2. The van der Waals surface area contributed by atoms with Gasteiger partial charge in [0.1, 0.15) is 6.10 Å². The van der Waals surface area contributed by atoms with E-state index in [4.69, 9.17) is 9.47 Å². The molecule has 102 valence electrons. The number of aliphatic hydroxyl groups excluding tert-OH is 2. The van der Waals surface area contributed by atoms with E-state index in [0.29, 0.717) is 23.6 Å². The van der Waals surface area contributed by atoms with Gasteiger partial charge < -0.3 is 25.0 Å². The molecule has 0 aliphatic heterocycles. The number of likely N-dealkylation sites (N-methyl/N-ethyl adjacent to an activating group) is 1. The minimum absolute atomic E-state index is 0.312. The minimum atomic E-state index is -0.967. The van der Waals surface area contributed by atoms with Crippen molar-refractivity contribution in [2.24, 2.45) is 0 Å². The standard InChI is InChI=1S/C12H18INO4/c1-14-6-9(15)11(16)7-4-8(13)12(18-3)10(5-7)17-2/h4-5,9,11,14-16H,6H2,1-3H3. The number of hydrogen-bond donors (Lipinski definition) is 3. The van der Waals surface area contributed by atoms with Gasteiger partial charge in [0.25, 0.3) is 0 Å². The second kappa shape index (κ2) is 7.13. The lowest BCUT2D eigenvalue weighted by atomic mass is 10.0.